The van der Waals surface area contributed by atoms with Gasteiger partial charge in [0.15, 0.2) is 0 Å². The molecule has 0 bridgehead atoms. The van der Waals surface area contributed by atoms with Gasteiger partial charge in [-0.2, -0.15) is 0 Å². The molecule has 3 aromatic rings. The van der Waals surface area contributed by atoms with E-state index >= 15 is 0 Å². The zero-order chi connectivity index (χ0) is 20.1. The molecular weight excluding hydrogens is 372 g/mol. The quantitative estimate of drug-likeness (QED) is 0.631. The first kappa shape index (κ1) is 19.8. The number of para-hydroxylation sites is 1. The Hall–Kier alpha value is -2.92. The van der Waals surface area contributed by atoms with E-state index in [1.165, 1.54) is 0 Å². The van der Waals surface area contributed by atoms with E-state index in [0.717, 1.165) is 28.1 Å². The lowest BCUT2D eigenvalue weighted by atomic mass is 10.1. The van der Waals surface area contributed by atoms with Crippen molar-refractivity contribution in [2.75, 3.05) is 11.9 Å². The van der Waals surface area contributed by atoms with Gasteiger partial charge in [-0.3, -0.25) is 4.79 Å². The Bertz CT molecular complexity index is 983. The molecule has 0 radical (unpaired) electrons. The Balaban J connectivity index is 1.69. The molecule has 0 spiro atoms. The van der Waals surface area contributed by atoms with Crippen LogP contribution in [-0.2, 0) is 6.42 Å². The monoisotopic (exact) mass is 394 g/mol. The normalized spacial score (nSPS) is 10.6. The second-order valence-corrected chi connectivity index (χ2v) is 7.18. The van der Waals surface area contributed by atoms with Crippen LogP contribution in [0, 0.1) is 20.8 Å². The van der Waals surface area contributed by atoms with Crippen LogP contribution in [0.4, 0.5) is 11.6 Å². The van der Waals surface area contributed by atoms with Gasteiger partial charge in [0.1, 0.15) is 5.69 Å². The molecule has 0 aliphatic carbocycles. The minimum absolute atomic E-state index is 0.225. The van der Waals surface area contributed by atoms with E-state index in [-0.39, 0.29) is 5.91 Å². The minimum Gasteiger partial charge on any atom is -0.350 e. The van der Waals surface area contributed by atoms with Gasteiger partial charge in [-0.15, -0.1) is 0 Å². The highest BCUT2D eigenvalue weighted by molar-refractivity contribution is 6.30. The zero-order valence-corrected chi connectivity index (χ0v) is 17.0. The smallest absolute Gasteiger partial charge is 0.270 e. The van der Waals surface area contributed by atoms with E-state index in [9.17, 15) is 4.79 Å². The molecule has 0 fully saturated rings. The molecule has 3 rings (SSSR count). The van der Waals surface area contributed by atoms with E-state index in [2.05, 4.69) is 20.6 Å². The lowest BCUT2D eigenvalue weighted by molar-refractivity contribution is 0.0949. The van der Waals surface area contributed by atoms with Crippen molar-refractivity contribution >= 4 is 29.1 Å². The number of hydrogen-bond donors (Lipinski definition) is 2. The molecule has 0 atom stereocenters. The van der Waals surface area contributed by atoms with Crippen LogP contribution in [-0.4, -0.2) is 22.4 Å². The fourth-order valence-corrected chi connectivity index (χ4v) is 3.18. The number of anilines is 2. The third kappa shape index (κ3) is 5.08. The number of rotatable bonds is 6. The highest BCUT2D eigenvalue weighted by atomic mass is 35.5. The Morgan fingerprint density at radius 2 is 1.71 bits per heavy atom. The van der Waals surface area contributed by atoms with E-state index in [0.29, 0.717) is 29.6 Å². The van der Waals surface area contributed by atoms with Gasteiger partial charge in [0, 0.05) is 22.9 Å². The van der Waals surface area contributed by atoms with Gasteiger partial charge in [0.2, 0.25) is 5.95 Å². The Morgan fingerprint density at radius 1 is 1.00 bits per heavy atom. The summed E-state index contributed by atoms with van der Waals surface area (Å²) in [5, 5.41) is 6.85. The Kier molecular flexibility index (Phi) is 6.26. The maximum atomic E-state index is 12.5. The van der Waals surface area contributed by atoms with Crippen molar-refractivity contribution in [2.24, 2.45) is 0 Å². The van der Waals surface area contributed by atoms with Gasteiger partial charge < -0.3 is 10.6 Å². The highest BCUT2D eigenvalue weighted by Crippen LogP contribution is 2.22. The number of nitrogens with zero attached hydrogens (tertiary/aromatic N) is 2. The van der Waals surface area contributed by atoms with Crippen LogP contribution in [0.3, 0.4) is 0 Å². The summed E-state index contributed by atoms with van der Waals surface area (Å²) in [6.45, 7) is 6.39. The largest absolute Gasteiger partial charge is 0.350 e. The van der Waals surface area contributed by atoms with Crippen molar-refractivity contribution in [3.63, 3.8) is 0 Å². The number of amides is 1. The van der Waals surface area contributed by atoms with Crippen molar-refractivity contribution in [3.8, 4) is 0 Å². The number of hydrogen-bond acceptors (Lipinski definition) is 4. The molecule has 0 aliphatic rings. The van der Waals surface area contributed by atoms with Crippen LogP contribution in [0.1, 0.15) is 32.9 Å². The number of aromatic nitrogens is 2. The molecule has 2 aromatic carbocycles. The predicted molar refractivity (Wildman–Crippen MR) is 113 cm³/mol. The summed E-state index contributed by atoms with van der Waals surface area (Å²) in [6, 6.07) is 15.4. The Labute approximate surface area is 170 Å². The number of carbonyl (C=O) groups is 1. The van der Waals surface area contributed by atoms with Crippen LogP contribution in [0.2, 0.25) is 5.02 Å². The molecule has 28 heavy (non-hydrogen) atoms. The van der Waals surface area contributed by atoms with Gasteiger partial charge in [0.25, 0.3) is 5.91 Å². The van der Waals surface area contributed by atoms with Crippen molar-refractivity contribution in [2.45, 2.75) is 27.2 Å². The van der Waals surface area contributed by atoms with E-state index in [1.54, 1.807) is 6.07 Å². The summed E-state index contributed by atoms with van der Waals surface area (Å²) >= 11 is 5.99. The van der Waals surface area contributed by atoms with Crippen molar-refractivity contribution in [3.05, 3.63) is 81.6 Å². The Morgan fingerprint density at radius 3 is 2.43 bits per heavy atom. The first-order chi connectivity index (χ1) is 13.4. The first-order valence-corrected chi connectivity index (χ1v) is 9.52. The molecule has 1 heterocycles. The third-order valence-electron chi connectivity index (χ3n) is 4.39. The van der Waals surface area contributed by atoms with E-state index in [4.69, 9.17) is 11.6 Å². The molecule has 1 aromatic heterocycles. The van der Waals surface area contributed by atoms with Crippen LogP contribution in [0.5, 0.6) is 0 Å². The molecule has 0 saturated carbocycles. The van der Waals surface area contributed by atoms with Gasteiger partial charge in [-0.05, 0) is 62.1 Å². The van der Waals surface area contributed by atoms with E-state index in [1.807, 2.05) is 63.2 Å². The summed E-state index contributed by atoms with van der Waals surface area (Å²) in [4.78, 5) is 21.3. The number of aryl methyl sites for hydroxylation is 3. The van der Waals surface area contributed by atoms with E-state index < -0.39 is 0 Å². The predicted octanol–water partition coefficient (Wildman–Crippen LogP) is 4.77. The second-order valence-electron chi connectivity index (χ2n) is 6.75. The number of nitrogens with one attached hydrogen (secondary N) is 2. The summed E-state index contributed by atoms with van der Waals surface area (Å²) in [5.41, 5.74) is 5.29. The molecule has 6 heteroatoms. The van der Waals surface area contributed by atoms with Gasteiger partial charge >= 0.3 is 0 Å². The van der Waals surface area contributed by atoms with Crippen molar-refractivity contribution in [1.29, 1.82) is 0 Å². The number of halogens is 1. The van der Waals surface area contributed by atoms with Gasteiger partial charge in [0.05, 0.1) is 0 Å². The second kappa shape index (κ2) is 8.85. The van der Waals surface area contributed by atoms with Gasteiger partial charge in [-0.1, -0.05) is 41.9 Å². The van der Waals surface area contributed by atoms with Crippen LogP contribution in [0.25, 0.3) is 0 Å². The van der Waals surface area contributed by atoms with Crippen molar-refractivity contribution in [1.82, 2.24) is 15.3 Å². The van der Waals surface area contributed by atoms with Crippen LogP contribution >= 0.6 is 11.6 Å². The van der Waals surface area contributed by atoms with Gasteiger partial charge in [-0.25, -0.2) is 9.97 Å². The standard InChI is InChI=1S/C22H23ClN4O/c1-14-6-4-7-15(2)20(14)27-22-25-16(3)12-19(26-22)21(28)24-11-10-17-8-5-9-18(23)13-17/h4-9,12-13H,10-11H2,1-3H3,(H,24,28)(H,25,26,27). The lowest BCUT2D eigenvalue weighted by Crippen LogP contribution is -2.27. The maximum absolute atomic E-state index is 12.5. The first-order valence-electron chi connectivity index (χ1n) is 9.14. The number of carbonyl (C=O) groups excluding carboxylic acids is 1. The topological polar surface area (TPSA) is 66.9 Å². The average Bonchev–Trinajstić information content (AvgIpc) is 2.64. The molecule has 1 amide bonds. The molecule has 0 unspecified atom stereocenters. The van der Waals surface area contributed by atoms with Crippen LogP contribution in [0.15, 0.2) is 48.5 Å². The maximum Gasteiger partial charge on any atom is 0.270 e. The SMILES string of the molecule is Cc1cc(C(=O)NCCc2cccc(Cl)c2)nc(Nc2c(C)cccc2C)n1. The lowest BCUT2D eigenvalue weighted by Gasteiger charge is -2.13. The third-order valence-corrected chi connectivity index (χ3v) is 4.63. The highest BCUT2D eigenvalue weighted by Gasteiger charge is 2.12. The summed E-state index contributed by atoms with van der Waals surface area (Å²) in [6.07, 6.45) is 0.698. The molecule has 0 saturated heterocycles. The molecular formula is C22H23ClN4O. The molecule has 0 aliphatic heterocycles. The minimum atomic E-state index is -0.225. The fraction of sp³-hybridized carbons (Fsp3) is 0.227. The zero-order valence-electron chi connectivity index (χ0n) is 16.2. The molecule has 144 valence electrons. The number of benzene rings is 2. The average molecular weight is 395 g/mol. The summed E-state index contributed by atoms with van der Waals surface area (Å²) in [5.74, 6) is 0.189. The summed E-state index contributed by atoms with van der Waals surface area (Å²) in [7, 11) is 0. The molecule has 5 nitrogen and oxygen atoms in total. The fourth-order valence-electron chi connectivity index (χ4n) is 2.97. The van der Waals surface area contributed by atoms with Crippen molar-refractivity contribution < 1.29 is 4.79 Å². The molecule has 2 N–H and O–H groups in total. The van der Waals surface area contributed by atoms with Crippen LogP contribution < -0.4 is 10.6 Å². The summed E-state index contributed by atoms with van der Waals surface area (Å²) < 4.78 is 0.